The molecule has 0 radical (unpaired) electrons. The Balaban J connectivity index is 1.53. The first-order chi connectivity index (χ1) is 13.7. The van der Waals surface area contributed by atoms with Gasteiger partial charge in [-0.25, -0.2) is 9.97 Å². The second kappa shape index (κ2) is 6.53. The number of para-hydroxylation sites is 4. The summed E-state index contributed by atoms with van der Waals surface area (Å²) in [6.07, 6.45) is 3.66. The number of aromatic hydroxyl groups is 1. The fourth-order valence-electron chi connectivity index (χ4n) is 3.81. The molecule has 0 aliphatic carbocycles. The molecule has 0 atom stereocenters. The molecule has 5 rings (SSSR count). The van der Waals surface area contributed by atoms with Gasteiger partial charge >= 0.3 is 0 Å². The van der Waals surface area contributed by atoms with Gasteiger partial charge in [-0.15, -0.1) is 0 Å². The van der Waals surface area contributed by atoms with Gasteiger partial charge in [0.1, 0.15) is 5.75 Å². The van der Waals surface area contributed by atoms with E-state index in [4.69, 9.17) is 0 Å². The van der Waals surface area contributed by atoms with Crippen LogP contribution in [0.2, 0.25) is 0 Å². The number of rotatable bonds is 4. The molecule has 0 unspecified atom stereocenters. The largest absolute Gasteiger partial charge is 0.507 e. The first-order valence-corrected chi connectivity index (χ1v) is 9.30. The number of phenols is 1. The Labute approximate surface area is 162 Å². The molecule has 0 saturated heterocycles. The molecule has 0 aliphatic heterocycles. The summed E-state index contributed by atoms with van der Waals surface area (Å²) >= 11 is 0. The van der Waals surface area contributed by atoms with Crippen LogP contribution in [0.15, 0.2) is 73.3 Å². The quantitative estimate of drug-likeness (QED) is 0.508. The topological polar surface area (TPSA) is 55.9 Å². The zero-order valence-corrected chi connectivity index (χ0v) is 15.6. The van der Waals surface area contributed by atoms with Gasteiger partial charge in [-0.2, -0.15) is 0 Å². The van der Waals surface area contributed by atoms with Crippen molar-refractivity contribution in [3.05, 3.63) is 90.0 Å². The molecule has 3 aromatic carbocycles. The molecule has 5 heteroatoms. The van der Waals surface area contributed by atoms with Crippen LogP contribution in [-0.4, -0.2) is 24.2 Å². The second-order valence-corrected chi connectivity index (χ2v) is 7.15. The molecule has 2 aromatic heterocycles. The van der Waals surface area contributed by atoms with Gasteiger partial charge in [0.2, 0.25) is 0 Å². The summed E-state index contributed by atoms with van der Waals surface area (Å²) in [5.74, 6) is 0.334. The third-order valence-corrected chi connectivity index (χ3v) is 5.15. The smallest absolute Gasteiger partial charge is 0.125 e. The van der Waals surface area contributed by atoms with Crippen LogP contribution in [0.25, 0.3) is 22.1 Å². The van der Waals surface area contributed by atoms with E-state index in [1.54, 1.807) is 0 Å². The summed E-state index contributed by atoms with van der Waals surface area (Å²) in [7, 11) is 0. The first kappa shape index (κ1) is 16.6. The van der Waals surface area contributed by atoms with E-state index in [1.807, 2.05) is 73.3 Å². The first-order valence-electron chi connectivity index (χ1n) is 9.30. The minimum atomic E-state index is 0.334. The Bertz CT molecular complexity index is 1200. The number of aromatic nitrogens is 4. The molecule has 1 N–H and O–H groups in total. The van der Waals surface area contributed by atoms with Crippen LogP contribution in [0.1, 0.15) is 16.7 Å². The van der Waals surface area contributed by atoms with Crippen molar-refractivity contribution in [1.29, 1.82) is 0 Å². The Morgan fingerprint density at radius 2 is 1.21 bits per heavy atom. The van der Waals surface area contributed by atoms with Crippen molar-refractivity contribution in [2.45, 2.75) is 20.0 Å². The summed E-state index contributed by atoms with van der Waals surface area (Å²) in [5, 5.41) is 11.0. The summed E-state index contributed by atoms with van der Waals surface area (Å²) in [4.78, 5) is 8.91. The number of aryl methyl sites for hydroxylation is 1. The van der Waals surface area contributed by atoms with E-state index < -0.39 is 0 Å². The molecular formula is C23H20N4O. The van der Waals surface area contributed by atoms with Crippen molar-refractivity contribution in [3.63, 3.8) is 0 Å². The van der Waals surface area contributed by atoms with Crippen molar-refractivity contribution in [3.8, 4) is 5.75 Å². The Morgan fingerprint density at radius 1 is 0.750 bits per heavy atom. The molecule has 0 bridgehead atoms. The minimum Gasteiger partial charge on any atom is -0.507 e. The number of benzene rings is 3. The van der Waals surface area contributed by atoms with Gasteiger partial charge in [-0.1, -0.05) is 42.0 Å². The highest BCUT2D eigenvalue weighted by Gasteiger charge is 2.13. The Kier molecular flexibility index (Phi) is 3.86. The van der Waals surface area contributed by atoms with E-state index in [9.17, 15) is 5.11 Å². The molecule has 138 valence electrons. The van der Waals surface area contributed by atoms with Gasteiger partial charge < -0.3 is 14.2 Å². The van der Waals surface area contributed by atoms with Gasteiger partial charge in [0.15, 0.2) is 0 Å². The molecular weight excluding hydrogens is 348 g/mol. The van der Waals surface area contributed by atoms with E-state index >= 15 is 0 Å². The molecule has 0 spiro atoms. The lowest BCUT2D eigenvalue weighted by Gasteiger charge is -2.14. The van der Waals surface area contributed by atoms with E-state index in [0.29, 0.717) is 18.8 Å². The maximum absolute atomic E-state index is 11.0. The number of hydrogen-bond acceptors (Lipinski definition) is 3. The third-order valence-electron chi connectivity index (χ3n) is 5.15. The zero-order valence-electron chi connectivity index (χ0n) is 15.6. The fourth-order valence-corrected chi connectivity index (χ4v) is 3.81. The minimum absolute atomic E-state index is 0.334. The molecule has 5 nitrogen and oxygen atoms in total. The van der Waals surface area contributed by atoms with Gasteiger partial charge in [0, 0.05) is 11.1 Å². The molecule has 0 fully saturated rings. The van der Waals surface area contributed by atoms with Crippen LogP contribution in [0, 0.1) is 6.92 Å². The van der Waals surface area contributed by atoms with Crippen LogP contribution in [0.4, 0.5) is 0 Å². The summed E-state index contributed by atoms with van der Waals surface area (Å²) in [6, 6.07) is 20.2. The normalized spacial score (nSPS) is 11.5. The van der Waals surface area contributed by atoms with E-state index in [2.05, 4.69) is 26.0 Å². The summed E-state index contributed by atoms with van der Waals surface area (Å²) < 4.78 is 4.14. The number of phenolic OH excluding ortho intramolecular Hbond substituents is 1. The number of imidazole rings is 2. The summed E-state index contributed by atoms with van der Waals surface area (Å²) in [5.41, 5.74) is 6.94. The lowest BCUT2D eigenvalue weighted by atomic mass is 10.0. The van der Waals surface area contributed by atoms with Gasteiger partial charge in [0.25, 0.3) is 0 Å². The molecule has 28 heavy (non-hydrogen) atoms. The highest BCUT2D eigenvalue weighted by molar-refractivity contribution is 5.76. The maximum Gasteiger partial charge on any atom is 0.125 e. The average Bonchev–Trinajstić information content (AvgIpc) is 3.30. The van der Waals surface area contributed by atoms with E-state index in [-0.39, 0.29) is 0 Å². The Morgan fingerprint density at radius 3 is 1.71 bits per heavy atom. The summed E-state index contributed by atoms with van der Waals surface area (Å²) in [6.45, 7) is 3.21. The lowest BCUT2D eigenvalue weighted by molar-refractivity contribution is 0.457. The van der Waals surface area contributed by atoms with Gasteiger partial charge in [-0.05, 0) is 31.2 Å². The van der Waals surface area contributed by atoms with E-state index in [1.165, 1.54) is 0 Å². The maximum atomic E-state index is 11.0. The number of fused-ring (bicyclic) bond motifs is 2. The standard InChI is InChI=1S/C23H20N4O/c1-16-10-17(12-26-14-24-19-6-2-4-8-21(19)26)23(28)18(11-16)13-27-15-25-20-7-3-5-9-22(20)27/h2-11,14-15,28H,12-13H2,1H3. The lowest BCUT2D eigenvalue weighted by Crippen LogP contribution is -2.04. The van der Waals surface area contributed by atoms with Crippen LogP contribution >= 0.6 is 0 Å². The highest BCUT2D eigenvalue weighted by Crippen LogP contribution is 2.28. The molecule has 2 heterocycles. The van der Waals surface area contributed by atoms with Crippen molar-refractivity contribution < 1.29 is 5.11 Å². The fraction of sp³-hybridized carbons (Fsp3) is 0.130. The highest BCUT2D eigenvalue weighted by atomic mass is 16.3. The van der Waals surface area contributed by atoms with Gasteiger partial charge in [-0.3, -0.25) is 0 Å². The molecule has 0 aliphatic rings. The van der Waals surface area contributed by atoms with E-state index in [0.717, 1.165) is 38.8 Å². The molecule has 5 aromatic rings. The molecule has 0 saturated carbocycles. The van der Waals surface area contributed by atoms with Crippen LogP contribution < -0.4 is 0 Å². The Hall–Kier alpha value is -3.60. The van der Waals surface area contributed by atoms with Crippen LogP contribution in [0.5, 0.6) is 5.75 Å². The van der Waals surface area contributed by atoms with Crippen molar-refractivity contribution in [1.82, 2.24) is 19.1 Å². The third kappa shape index (κ3) is 2.81. The second-order valence-electron chi connectivity index (χ2n) is 7.15. The number of hydrogen-bond donors (Lipinski definition) is 1. The SMILES string of the molecule is Cc1cc(Cn2cnc3ccccc32)c(O)c(Cn2cnc3ccccc32)c1. The van der Waals surface area contributed by atoms with Crippen molar-refractivity contribution in [2.24, 2.45) is 0 Å². The van der Waals surface area contributed by atoms with Crippen molar-refractivity contribution >= 4 is 22.1 Å². The van der Waals surface area contributed by atoms with Crippen LogP contribution in [0.3, 0.4) is 0 Å². The monoisotopic (exact) mass is 368 g/mol. The van der Waals surface area contributed by atoms with Crippen LogP contribution in [-0.2, 0) is 13.1 Å². The number of nitrogens with zero attached hydrogens (tertiary/aromatic N) is 4. The predicted octanol–water partition coefficient (Wildman–Crippen LogP) is 4.50. The van der Waals surface area contributed by atoms with Crippen molar-refractivity contribution in [2.75, 3.05) is 0 Å². The van der Waals surface area contributed by atoms with Gasteiger partial charge in [0.05, 0.1) is 47.8 Å². The zero-order chi connectivity index (χ0) is 19.1. The molecule has 0 amide bonds. The average molecular weight is 368 g/mol. The predicted molar refractivity (Wildman–Crippen MR) is 111 cm³/mol.